The summed E-state index contributed by atoms with van der Waals surface area (Å²) in [6, 6.07) is 11.9. The minimum Gasteiger partial charge on any atom is -0.494 e. The zero-order chi connectivity index (χ0) is 16.9. The minimum atomic E-state index is -0.160. The van der Waals surface area contributed by atoms with Crippen molar-refractivity contribution in [2.45, 2.75) is 20.3 Å². The molecule has 2 aromatic heterocycles. The van der Waals surface area contributed by atoms with Gasteiger partial charge in [-0.3, -0.25) is 4.79 Å². The molecule has 1 amide bonds. The summed E-state index contributed by atoms with van der Waals surface area (Å²) >= 11 is 0. The largest absolute Gasteiger partial charge is 0.494 e. The van der Waals surface area contributed by atoms with Crippen molar-refractivity contribution in [2.75, 3.05) is 13.2 Å². The molecule has 0 aliphatic heterocycles. The Balaban J connectivity index is 1.46. The summed E-state index contributed by atoms with van der Waals surface area (Å²) in [5.74, 6) is 0.698. The summed E-state index contributed by atoms with van der Waals surface area (Å²) in [6.45, 7) is 5.15. The number of aromatic nitrogens is 2. The van der Waals surface area contributed by atoms with Crippen LogP contribution < -0.4 is 10.1 Å². The van der Waals surface area contributed by atoms with Crippen molar-refractivity contribution in [3.05, 3.63) is 65.6 Å². The molecule has 124 valence electrons. The third kappa shape index (κ3) is 3.93. The average Bonchev–Trinajstić information content (AvgIpc) is 2.97. The fourth-order valence-corrected chi connectivity index (χ4v) is 2.45. The number of pyridine rings is 1. The number of aryl methyl sites for hydroxylation is 2. The van der Waals surface area contributed by atoms with Crippen LogP contribution >= 0.6 is 0 Å². The van der Waals surface area contributed by atoms with Gasteiger partial charge in [0.25, 0.3) is 5.91 Å². The predicted octanol–water partition coefficient (Wildman–Crippen LogP) is 3.15. The SMILES string of the molecule is Cc1cccc(OCCCNC(=O)c2cn3ccc(C)cc3n2)c1. The van der Waals surface area contributed by atoms with Crippen molar-refractivity contribution >= 4 is 11.6 Å². The molecule has 0 aliphatic rings. The predicted molar refractivity (Wildman–Crippen MR) is 93.6 cm³/mol. The number of imidazole rings is 1. The summed E-state index contributed by atoms with van der Waals surface area (Å²) in [4.78, 5) is 16.5. The summed E-state index contributed by atoms with van der Waals surface area (Å²) in [5.41, 5.74) is 3.50. The van der Waals surface area contributed by atoms with E-state index in [1.165, 1.54) is 5.56 Å². The zero-order valence-electron chi connectivity index (χ0n) is 14.0. The molecule has 5 heteroatoms. The van der Waals surface area contributed by atoms with Crippen LogP contribution in [0.15, 0.2) is 48.8 Å². The molecular formula is C19H21N3O2. The van der Waals surface area contributed by atoms with Crippen LogP contribution in [0.2, 0.25) is 0 Å². The van der Waals surface area contributed by atoms with Gasteiger partial charge in [-0.25, -0.2) is 4.98 Å². The normalized spacial score (nSPS) is 10.8. The van der Waals surface area contributed by atoms with Crippen molar-refractivity contribution in [2.24, 2.45) is 0 Å². The van der Waals surface area contributed by atoms with Gasteiger partial charge in [-0.1, -0.05) is 12.1 Å². The van der Waals surface area contributed by atoms with Crippen molar-refractivity contribution < 1.29 is 9.53 Å². The van der Waals surface area contributed by atoms with E-state index in [1.54, 1.807) is 6.20 Å². The van der Waals surface area contributed by atoms with Gasteiger partial charge >= 0.3 is 0 Å². The number of rotatable bonds is 6. The number of hydrogen-bond acceptors (Lipinski definition) is 3. The lowest BCUT2D eigenvalue weighted by Crippen LogP contribution is -2.25. The number of ether oxygens (including phenoxy) is 1. The second-order valence-corrected chi connectivity index (χ2v) is 5.87. The number of amides is 1. The highest BCUT2D eigenvalue weighted by Gasteiger charge is 2.10. The highest BCUT2D eigenvalue weighted by Crippen LogP contribution is 2.12. The van der Waals surface area contributed by atoms with Crippen molar-refractivity contribution in [1.29, 1.82) is 0 Å². The first-order valence-electron chi connectivity index (χ1n) is 8.05. The van der Waals surface area contributed by atoms with E-state index in [0.717, 1.165) is 23.4 Å². The van der Waals surface area contributed by atoms with Crippen LogP contribution in [0.3, 0.4) is 0 Å². The van der Waals surface area contributed by atoms with Crippen molar-refractivity contribution in [1.82, 2.24) is 14.7 Å². The van der Waals surface area contributed by atoms with Crippen LogP contribution in [0.5, 0.6) is 5.75 Å². The fourth-order valence-electron chi connectivity index (χ4n) is 2.45. The van der Waals surface area contributed by atoms with E-state index in [1.807, 2.05) is 60.8 Å². The van der Waals surface area contributed by atoms with E-state index >= 15 is 0 Å². The maximum absolute atomic E-state index is 12.1. The molecule has 0 bridgehead atoms. The molecule has 2 heterocycles. The first-order chi connectivity index (χ1) is 11.6. The van der Waals surface area contributed by atoms with Crippen LogP contribution in [-0.2, 0) is 0 Å². The first kappa shape index (κ1) is 16.1. The molecule has 0 aliphatic carbocycles. The molecule has 24 heavy (non-hydrogen) atoms. The number of hydrogen-bond donors (Lipinski definition) is 1. The number of fused-ring (bicyclic) bond motifs is 1. The van der Waals surface area contributed by atoms with Crippen LogP contribution in [0.4, 0.5) is 0 Å². The Morgan fingerprint density at radius 2 is 2.04 bits per heavy atom. The third-order valence-corrected chi connectivity index (χ3v) is 3.71. The number of carbonyl (C=O) groups excluding carboxylic acids is 1. The van der Waals surface area contributed by atoms with Crippen LogP contribution in [0.25, 0.3) is 5.65 Å². The number of carbonyl (C=O) groups is 1. The minimum absolute atomic E-state index is 0.160. The Morgan fingerprint density at radius 1 is 1.21 bits per heavy atom. The molecule has 0 atom stereocenters. The topological polar surface area (TPSA) is 55.6 Å². The van der Waals surface area contributed by atoms with E-state index in [-0.39, 0.29) is 5.91 Å². The lowest BCUT2D eigenvalue weighted by Gasteiger charge is -2.07. The van der Waals surface area contributed by atoms with E-state index in [4.69, 9.17) is 4.74 Å². The molecule has 1 N–H and O–H groups in total. The zero-order valence-corrected chi connectivity index (χ0v) is 14.0. The Bertz CT molecular complexity index is 855. The average molecular weight is 323 g/mol. The third-order valence-electron chi connectivity index (χ3n) is 3.71. The second-order valence-electron chi connectivity index (χ2n) is 5.87. The van der Waals surface area contributed by atoms with Gasteiger partial charge in [0.2, 0.25) is 0 Å². The maximum atomic E-state index is 12.1. The van der Waals surface area contributed by atoms with Gasteiger partial charge in [0, 0.05) is 18.9 Å². The molecule has 3 rings (SSSR count). The Morgan fingerprint density at radius 3 is 2.88 bits per heavy atom. The second kappa shape index (κ2) is 7.17. The van der Waals surface area contributed by atoms with Gasteiger partial charge in [0.05, 0.1) is 6.61 Å². The molecule has 0 radical (unpaired) electrons. The highest BCUT2D eigenvalue weighted by atomic mass is 16.5. The monoisotopic (exact) mass is 323 g/mol. The molecule has 0 saturated heterocycles. The van der Waals surface area contributed by atoms with E-state index in [9.17, 15) is 4.79 Å². The lowest BCUT2D eigenvalue weighted by molar-refractivity contribution is 0.0947. The van der Waals surface area contributed by atoms with Gasteiger partial charge in [-0.15, -0.1) is 0 Å². The fraction of sp³-hybridized carbons (Fsp3) is 0.263. The van der Waals surface area contributed by atoms with Gasteiger partial charge in [-0.2, -0.15) is 0 Å². The van der Waals surface area contributed by atoms with Crippen molar-refractivity contribution in [3.63, 3.8) is 0 Å². The van der Waals surface area contributed by atoms with Gasteiger partial charge in [0.1, 0.15) is 17.1 Å². The smallest absolute Gasteiger partial charge is 0.271 e. The molecule has 0 spiro atoms. The molecule has 1 aromatic carbocycles. The van der Waals surface area contributed by atoms with Crippen LogP contribution in [-0.4, -0.2) is 28.4 Å². The number of benzene rings is 1. The molecule has 0 saturated carbocycles. The lowest BCUT2D eigenvalue weighted by atomic mass is 10.2. The Hall–Kier alpha value is -2.82. The standard InChI is InChI=1S/C19H21N3O2/c1-14-5-3-6-16(11-14)24-10-4-8-20-19(23)17-13-22-9-7-15(2)12-18(22)21-17/h3,5-7,9,11-13H,4,8,10H2,1-2H3,(H,20,23). The van der Waals surface area contributed by atoms with Gasteiger partial charge in [0.15, 0.2) is 0 Å². The van der Waals surface area contributed by atoms with E-state index < -0.39 is 0 Å². The molecule has 0 unspecified atom stereocenters. The summed E-state index contributed by atoms with van der Waals surface area (Å²) < 4.78 is 7.51. The molecule has 5 nitrogen and oxygen atoms in total. The highest BCUT2D eigenvalue weighted by molar-refractivity contribution is 5.92. The Kier molecular flexibility index (Phi) is 4.79. The van der Waals surface area contributed by atoms with E-state index in [2.05, 4.69) is 10.3 Å². The molecule has 3 aromatic rings. The summed E-state index contributed by atoms with van der Waals surface area (Å²) in [7, 11) is 0. The first-order valence-corrected chi connectivity index (χ1v) is 8.05. The van der Waals surface area contributed by atoms with Gasteiger partial charge < -0.3 is 14.5 Å². The maximum Gasteiger partial charge on any atom is 0.271 e. The quantitative estimate of drug-likeness (QED) is 0.709. The Labute approximate surface area is 141 Å². The van der Waals surface area contributed by atoms with Crippen molar-refractivity contribution in [3.8, 4) is 5.75 Å². The van der Waals surface area contributed by atoms with E-state index in [0.29, 0.717) is 18.8 Å². The van der Waals surface area contributed by atoms with Crippen LogP contribution in [0, 0.1) is 13.8 Å². The van der Waals surface area contributed by atoms with Gasteiger partial charge in [-0.05, 0) is 55.7 Å². The number of nitrogens with one attached hydrogen (secondary N) is 1. The summed E-state index contributed by atoms with van der Waals surface area (Å²) in [6.07, 6.45) is 4.39. The molecule has 0 fully saturated rings. The number of nitrogens with zero attached hydrogens (tertiary/aromatic N) is 2. The summed E-state index contributed by atoms with van der Waals surface area (Å²) in [5, 5.41) is 2.88. The van der Waals surface area contributed by atoms with Crippen LogP contribution in [0.1, 0.15) is 28.0 Å². The molecular weight excluding hydrogens is 302 g/mol.